The van der Waals surface area contributed by atoms with E-state index in [1.54, 1.807) is 6.33 Å². The molecule has 27 heavy (non-hydrogen) atoms. The van der Waals surface area contributed by atoms with E-state index in [4.69, 9.17) is 4.63 Å². The summed E-state index contributed by atoms with van der Waals surface area (Å²) in [5.74, 6) is -0.118. The first-order valence-electron chi connectivity index (χ1n) is 9.00. The van der Waals surface area contributed by atoms with Gasteiger partial charge in [-0.1, -0.05) is 6.07 Å². The van der Waals surface area contributed by atoms with Crippen molar-refractivity contribution in [2.75, 3.05) is 23.3 Å². The van der Waals surface area contributed by atoms with Gasteiger partial charge in [-0.25, -0.2) is 9.61 Å². The number of H-pyrrole nitrogens is 1. The molecule has 136 valence electrons. The van der Waals surface area contributed by atoms with Gasteiger partial charge < -0.3 is 15.2 Å². The van der Waals surface area contributed by atoms with Crippen molar-refractivity contribution in [2.45, 2.75) is 19.3 Å². The molecule has 0 saturated carbocycles. The Morgan fingerprint density at radius 3 is 2.89 bits per heavy atom. The van der Waals surface area contributed by atoms with Crippen molar-refractivity contribution in [1.29, 1.82) is 0 Å². The highest BCUT2D eigenvalue weighted by atomic mass is 16.6. The molecule has 4 aromatic rings. The smallest absolute Gasteiger partial charge is 0.228 e. The highest BCUT2D eigenvalue weighted by Crippen LogP contribution is 2.31. The van der Waals surface area contributed by atoms with Crippen LogP contribution in [0.1, 0.15) is 18.4 Å². The maximum absolute atomic E-state index is 12.5. The van der Waals surface area contributed by atoms with Crippen molar-refractivity contribution in [3.8, 4) is 0 Å². The molecule has 2 aromatic carbocycles. The summed E-state index contributed by atoms with van der Waals surface area (Å²) in [6.45, 7) is 2.01. The topological polar surface area (TPSA) is 99.9 Å². The lowest BCUT2D eigenvalue weighted by molar-refractivity contribution is -0.115. The Kier molecular flexibility index (Phi) is 3.74. The zero-order chi connectivity index (χ0) is 18.2. The number of nitrogens with zero attached hydrogens (tertiary/aromatic N) is 4. The van der Waals surface area contributed by atoms with Gasteiger partial charge in [0.25, 0.3) is 0 Å². The molecule has 1 aliphatic heterocycles. The van der Waals surface area contributed by atoms with Crippen LogP contribution in [0.3, 0.4) is 0 Å². The van der Waals surface area contributed by atoms with Gasteiger partial charge in [-0.05, 0) is 53.0 Å². The van der Waals surface area contributed by atoms with Gasteiger partial charge in [-0.15, -0.1) is 0 Å². The monoisotopic (exact) mass is 362 g/mol. The lowest BCUT2D eigenvalue weighted by atomic mass is 10.1. The van der Waals surface area contributed by atoms with Crippen molar-refractivity contribution in [2.24, 2.45) is 0 Å². The number of aromatic nitrogens is 4. The van der Waals surface area contributed by atoms with Crippen LogP contribution in [0.2, 0.25) is 0 Å². The maximum Gasteiger partial charge on any atom is 0.228 e. The summed E-state index contributed by atoms with van der Waals surface area (Å²) in [5.41, 5.74) is 5.59. The molecule has 3 heterocycles. The number of carbonyl (C=O) groups excluding carboxylic acids is 1. The van der Waals surface area contributed by atoms with Crippen molar-refractivity contribution in [3.05, 3.63) is 42.2 Å². The molecule has 1 aliphatic rings. The largest absolute Gasteiger partial charge is 0.370 e. The van der Waals surface area contributed by atoms with Gasteiger partial charge in [0.15, 0.2) is 11.0 Å². The van der Waals surface area contributed by atoms with E-state index < -0.39 is 0 Å². The average Bonchev–Trinajstić information content (AvgIpc) is 3.42. The molecule has 8 heteroatoms. The number of anilines is 2. The van der Waals surface area contributed by atoms with Crippen LogP contribution in [0.25, 0.3) is 22.1 Å². The van der Waals surface area contributed by atoms with Crippen molar-refractivity contribution >= 4 is 39.3 Å². The van der Waals surface area contributed by atoms with E-state index in [1.165, 1.54) is 12.8 Å². The van der Waals surface area contributed by atoms with Gasteiger partial charge in [-0.3, -0.25) is 4.79 Å². The number of nitrogens with one attached hydrogen (secondary N) is 2. The number of amides is 1. The molecular weight excluding hydrogens is 344 g/mol. The van der Waals surface area contributed by atoms with Gasteiger partial charge in [-0.2, -0.15) is 0 Å². The first-order valence-corrected chi connectivity index (χ1v) is 9.00. The predicted molar refractivity (Wildman–Crippen MR) is 102 cm³/mol. The molecule has 0 bridgehead atoms. The lowest BCUT2D eigenvalue weighted by Gasteiger charge is -2.18. The van der Waals surface area contributed by atoms with E-state index in [-0.39, 0.29) is 12.3 Å². The minimum atomic E-state index is -0.118. The van der Waals surface area contributed by atoms with Crippen LogP contribution in [-0.2, 0) is 11.2 Å². The Hall–Kier alpha value is -3.42. The third-order valence-electron chi connectivity index (χ3n) is 4.96. The van der Waals surface area contributed by atoms with Crippen LogP contribution >= 0.6 is 0 Å². The molecule has 5 rings (SSSR count). The second-order valence-corrected chi connectivity index (χ2v) is 6.77. The molecule has 0 radical (unpaired) electrons. The fourth-order valence-electron chi connectivity index (χ4n) is 3.64. The van der Waals surface area contributed by atoms with E-state index in [0.29, 0.717) is 16.7 Å². The summed E-state index contributed by atoms with van der Waals surface area (Å²) >= 11 is 0. The molecule has 8 nitrogen and oxygen atoms in total. The summed E-state index contributed by atoms with van der Waals surface area (Å²) < 4.78 is 4.96. The number of rotatable bonds is 4. The fourth-order valence-corrected chi connectivity index (χ4v) is 3.64. The van der Waals surface area contributed by atoms with Gasteiger partial charge in [0.1, 0.15) is 0 Å². The number of aromatic amines is 1. The zero-order valence-electron chi connectivity index (χ0n) is 14.6. The Bertz CT molecular complexity index is 1130. The molecule has 0 atom stereocenters. The van der Waals surface area contributed by atoms with Crippen LogP contribution in [0.15, 0.2) is 41.3 Å². The van der Waals surface area contributed by atoms with Crippen LogP contribution in [0.4, 0.5) is 11.4 Å². The number of carbonyl (C=O) groups is 1. The first-order chi connectivity index (χ1) is 13.3. The standard InChI is InChI=1S/C19H18N6O2/c26-17(10-12-3-4-13-15(9-12)21-11-20-13)22-14-5-6-16(25-7-1-2-8-25)19-18(14)23-27-24-19/h3-6,9,11H,1-2,7-8,10H2,(H,20,21)(H,22,26). The molecule has 0 aliphatic carbocycles. The SMILES string of the molecule is O=C(Cc1ccc2nc[nH]c2c1)Nc1ccc(N2CCCC2)c2nonc12. The first kappa shape index (κ1) is 15.8. The highest BCUT2D eigenvalue weighted by molar-refractivity contribution is 6.03. The number of hydrogen-bond acceptors (Lipinski definition) is 6. The Labute approximate surface area is 154 Å². The average molecular weight is 362 g/mol. The number of imidazole rings is 1. The predicted octanol–water partition coefficient (Wildman–Crippen LogP) is 2.88. The molecule has 1 amide bonds. The Morgan fingerprint density at radius 2 is 2.00 bits per heavy atom. The molecule has 1 fully saturated rings. The van der Waals surface area contributed by atoms with Gasteiger partial charge >= 0.3 is 0 Å². The summed E-state index contributed by atoms with van der Waals surface area (Å²) in [6.07, 6.45) is 4.25. The summed E-state index contributed by atoms with van der Waals surface area (Å²) in [4.78, 5) is 22.1. The number of fused-ring (bicyclic) bond motifs is 2. The normalized spacial score (nSPS) is 14.3. The maximum atomic E-state index is 12.5. The molecule has 0 unspecified atom stereocenters. The van der Waals surface area contributed by atoms with Gasteiger partial charge in [0, 0.05) is 13.1 Å². The van der Waals surface area contributed by atoms with Crippen molar-refractivity contribution in [1.82, 2.24) is 20.3 Å². The van der Waals surface area contributed by atoms with Crippen LogP contribution in [0, 0.1) is 0 Å². The van der Waals surface area contributed by atoms with Gasteiger partial charge in [0.05, 0.1) is 35.2 Å². The van der Waals surface area contributed by atoms with Crippen molar-refractivity contribution in [3.63, 3.8) is 0 Å². The lowest BCUT2D eigenvalue weighted by Crippen LogP contribution is -2.18. The van der Waals surface area contributed by atoms with E-state index in [2.05, 4.69) is 30.5 Å². The molecule has 2 N–H and O–H groups in total. The Morgan fingerprint density at radius 1 is 1.15 bits per heavy atom. The van der Waals surface area contributed by atoms with E-state index in [0.717, 1.165) is 35.4 Å². The second-order valence-electron chi connectivity index (χ2n) is 6.77. The number of benzene rings is 2. The zero-order valence-corrected chi connectivity index (χ0v) is 14.6. The van der Waals surface area contributed by atoms with Crippen LogP contribution in [-0.4, -0.2) is 39.3 Å². The second kappa shape index (κ2) is 6.39. The third kappa shape index (κ3) is 2.88. The minimum Gasteiger partial charge on any atom is -0.370 e. The highest BCUT2D eigenvalue weighted by Gasteiger charge is 2.20. The molecule has 2 aromatic heterocycles. The minimum absolute atomic E-state index is 0.118. The van der Waals surface area contributed by atoms with E-state index >= 15 is 0 Å². The van der Waals surface area contributed by atoms with Gasteiger partial charge in [0.2, 0.25) is 5.91 Å². The van der Waals surface area contributed by atoms with E-state index in [9.17, 15) is 4.79 Å². The van der Waals surface area contributed by atoms with Crippen LogP contribution in [0.5, 0.6) is 0 Å². The van der Waals surface area contributed by atoms with E-state index in [1.807, 2.05) is 30.3 Å². The molecule has 0 spiro atoms. The van der Waals surface area contributed by atoms with Crippen LogP contribution < -0.4 is 10.2 Å². The summed E-state index contributed by atoms with van der Waals surface area (Å²) in [7, 11) is 0. The number of hydrogen-bond donors (Lipinski definition) is 2. The summed E-state index contributed by atoms with van der Waals surface area (Å²) in [5, 5.41) is 11.0. The Balaban J connectivity index is 1.38. The summed E-state index contributed by atoms with van der Waals surface area (Å²) in [6, 6.07) is 9.59. The fraction of sp³-hybridized carbons (Fsp3) is 0.263. The quantitative estimate of drug-likeness (QED) is 0.579. The molecule has 1 saturated heterocycles. The third-order valence-corrected chi connectivity index (χ3v) is 4.96. The molecular formula is C19H18N6O2. The van der Waals surface area contributed by atoms with Crippen molar-refractivity contribution < 1.29 is 9.42 Å².